The monoisotopic (exact) mass is 420 g/mol. The fourth-order valence-electron chi connectivity index (χ4n) is 3.61. The van der Waals surface area contributed by atoms with Crippen LogP contribution < -0.4 is 5.32 Å². The highest BCUT2D eigenvalue weighted by atomic mass is 32.1. The van der Waals surface area contributed by atoms with Crippen LogP contribution in [0.5, 0.6) is 0 Å². The van der Waals surface area contributed by atoms with Crippen LogP contribution in [0.25, 0.3) is 11.3 Å². The van der Waals surface area contributed by atoms with Crippen molar-refractivity contribution < 1.29 is 4.79 Å². The van der Waals surface area contributed by atoms with E-state index in [4.69, 9.17) is 0 Å². The molecule has 1 N–H and O–H groups in total. The lowest BCUT2D eigenvalue weighted by molar-refractivity contribution is -0.117. The third-order valence-corrected chi connectivity index (χ3v) is 6.21. The summed E-state index contributed by atoms with van der Waals surface area (Å²) in [5, 5.41) is 5.61. The van der Waals surface area contributed by atoms with Crippen molar-refractivity contribution in [2.75, 3.05) is 38.0 Å². The highest BCUT2D eigenvalue weighted by molar-refractivity contribution is 7.14. The number of thiazole rings is 1. The summed E-state index contributed by atoms with van der Waals surface area (Å²) in [6, 6.07) is 17.0. The molecule has 1 aromatic heterocycles. The minimum absolute atomic E-state index is 0.00629. The number of rotatable bonds is 6. The molecule has 0 atom stereocenters. The predicted molar refractivity (Wildman–Crippen MR) is 124 cm³/mol. The van der Waals surface area contributed by atoms with Crippen molar-refractivity contribution in [2.24, 2.45) is 0 Å². The van der Waals surface area contributed by atoms with Crippen LogP contribution in [0.15, 0.2) is 53.9 Å². The maximum atomic E-state index is 12.5. The molecular formula is C24H28N4OS. The van der Waals surface area contributed by atoms with Crippen LogP contribution in [0.4, 0.5) is 5.13 Å². The molecule has 2 aromatic carbocycles. The first-order valence-corrected chi connectivity index (χ1v) is 11.3. The lowest BCUT2D eigenvalue weighted by Gasteiger charge is -2.34. The molecule has 30 heavy (non-hydrogen) atoms. The molecule has 6 heteroatoms. The molecule has 1 aliphatic rings. The topological polar surface area (TPSA) is 48.5 Å². The van der Waals surface area contributed by atoms with Crippen molar-refractivity contribution in [3.8, 4) is 11.3 Å². The van der Waals surface area contributed by atoms with Crippen LogP contribution in [-0.4, -0.2) is 53.4 Å². The van der Waals surface area contributed by atoms with Crippen molar-refractivity contribution in [1.29, 1.82) is 0 Å². The van der Waals surface area contributed by atoms with Gasteiger partial charge in [-0.3, -0.25) is 14.6 Å². The second kappa shape index (κ2) is 9.51. The molecule has 0 unspecified atom stereocenters. The van der Waals surface area contributed by atoms with Gasteiger partial charge in [-0.1, -0.05) is 59.7 Å². The molecule has 0 spiro atoms. The number of nitrogens with one attached hydrogen (secondary N) is 1. The fourth-order valence-corrected chi connectivity index (χ4v) is 4.34. The van der Waals surface area contributed by atoms with E-state index in [0.29, 0.717) is 11.7 Å². The van der Waals surface area contributed by atoms with Gasteiger partial charge in [0.25, 0.3) is 0 Å². The molecule has 5 nitrogen and oxygen atoms in total. The Balaban J connectivity index is 1.23. The van der Waals surface area contributed by atoms with E-state index >= 15 is 0 Å². The van der Waals surface area contributed by atoms with Gasteiger partial charge in [-0.2, -0.15) is 0 Å². The van der Waals surface area contributed by atoms with Crippen LogP contribution in [0.1, 0.15) is 16.7 Å². The summed E-state index contributed by atoms with van der Waals surface area (Å²) in [4.78, 5) is 21.7. The summed E-state index contributed by atoms with van der Waals surface area (Å²) >= 11 is 1.47. The third kappa shape index (κ3) is 5.53. The van der Waals surface area contributed by atoms with Gasteiger partial charge < -0.3 is 5.32 Å². The van der Waals surface area contributed by atoms with Gasteiger partial charge in [0.05, 0.1) is 12.2 Å². The minimum Gasteiger partial charge on any atom is -0.301 e. The van der Waals surface area contributed by atoms with Gasteiger partial charge in [0.2, 0.25) is 5.91 Å². The van der Waals surface area contributed by atoms with E-state index in [1.165, 1.54) is 28.0 Å². The number of hydrogen-bond acceptors (Lipinski definition) is 5. The van der Waals surface area contributed by atoms with E-state index in [0.717, 1.165) is 44.0 Å². The number of benzene rings is 2. The Morgan fingerprint density at radius 2 is 1.53 bits per heavy atom. The number of aromatic nitrogens is 1. The number of carbonyl (C=O) groups excluding carboxylic acids is 1. The van der Waals surface area contributed by atoms with E-state index in [2.05, 4.69) is 82.5 Å². The van der Waals surface area contributed by atoms with Crippen LogP contribution in [-0.2, 0) is 11.3 Å². The van der Waals surface area contributed by atoms with Gasteiger partial charge >= 0.3 is 0 Å². The van der Waals surface area contributed by atoms with E-state index in [-0.39, 0.29) is 5.91 Å². The van der Waals surface area contributed by atoms with Crippen molar-refractivity contribution >= 4 is 22.4 Å². The van der Waals surface area contributed by atoms with Crippen molar-refractivity contribution in [2.45, 2.75) is 20.4 Å². The zero-order valence-electron chi connectivity index (χ0n) is 17.6. The van der Waals surface area contributed by atoms with Crippen molar-refractivity contribution in [3.63, 3.8) is 0 Å². The first-order valence-electron chi connectivity index (χ1n) is 10.4. The molecule has 1 fully saturated rings. The molecule has 0 radical (unpaired) electrons. The number of aryl methyl sites for hydroxylation is 2. The molecule has 0 aliphatic carbocycles. The average molecular weight is 421 g/mol. The van der Waals surface area contributed by atoms with Gasteiger partial charge in [0, 0.05) is 43.7 Å². The molecule has 1 saturated heterocycles. The Morgan fingerprint density at radius 3 is 2.20 bits per heavy atom. The zero-order valence-corrected chi connectivity index (χ0v) is 18.4. The van der Waals surface area contributed by atoms with Gasteiger partial charge in [-0.15, -0.1) is 11.3 Å². The van der Waals surface area contributed by atoms with Crippen LogP contribution in [0.2, 0.25) is 0 Å². The highest BCUT2D eigenvalue weighted by Crippen LogP contribution is 2.25. The smallest absolute Gasteiger partial charge is 0.240 e. The Bertz CT molecular complexity index is 973. The summed E-state index contributed by atoms with van der Waals surface area (Å²) < 4.78 is 0. The van der Waals surface area contributed by atoms with Crippen LogP contribution in [0.3, 0.4) is 0 Å². The lowest BCUT2D eigenvalue weighted by atomic mass is 10.1. The van der Waals surface area contributed by atoms with Gasteiger partial charge in [-0.05, 0) is 19.4 Å². The fraction of sp³-hybridized carbons (Fsp3) is 0.333. The molecule has 2 heterocycles. The van der Waals surface area contributed by atoms with E-state index in [1.807, 2.05) is 5.38 Å². The van der Waals surface area contributed by atoms with Gasteiger partial charge in [-0.25, -0.2) is 4.98 Å². The number of hydrogen-bond donors (Lipinski definition) is 1. The van der Waals surface area contributed by atoms with Crippen molar-refractivity contribution in [1.82, 2.24) is 14.8 Å². The number of piperazine rings is 1. The number of anilines is 1. The summed E-state index contributed by atoms with van der Waals surface area (Å²) in [5.41, 5.74) is 5.84. The normalized spacial score (nSPS) is 15.3. The molecule has 4 rings (SSSR count). The molecule has 0 bridgehead atoms. The van der Waals surface area contributed by atoms with Gasteiger partial charge in [0.15, 0.2) is 5.13 Å². The maximum absolute atomic E-state index is 12.5. The lowest BCUT2D eigenvalue weighted by Crippen LogP contribution is -2.48. The van der Waals surface area contributed by atoms with E-state index < -0.39 is 0 Å². The molecule has 1 amide bonds. The number of nitrogens with zero attached hydrogens (tertiary/aromatic N) is 3. The van der Waals surface area contributed by atoms with E-state index in [9.17, 15) is 4.79 Å². The Kier molecular flexibility index (Phi) is 6.57. The number of carbonyl (C=O) groups is 1. The van der Waals surface area contributed by atoms with Gasteiger partial charge in [0.1, 0.15) is 0 Å². The average Bonchev–Trinajstić information content (AvgIpc) is 3.20. The SMILES string of the molecule is Cc1ccc(CN2CCN(CC(=O)Nc3nc(-c4ccc(C)cc4)cs3)CC2)cc1. The summed E-state index contributed by atoms with van der Waals surface area (Å²) in [5.74, 6) is 0.00629. The number of amides is 1. The maximum Gasteiger partial charge on any atom is 0.240 e. The second-order valence-corrected chi connectivity index (χ2v) is 8.85. The first kappa shape index (κ1) is 20.7. The zero-order chi connectivity index (χ0) is 20.9. The molecular weight excluding hydrogens is 392 g/mol. The van der Waals surface area contributed by atoms with Crippen LogP contribution >= 0.6 is 11.3 Å². The predicted octanol–water partition coefficient (Wildman–Crippen LogP) is 4.18. The van der Waals surface area contributed by atoms with Crippen molar-refractivity contribution in [3.05, 3.63) is 70.6 Å². The quantitative estimate of drug-likeness (QED) is 0.650. The second-order valence-electron chi connectivity index (χ2n) is 7.99. The molecule has 156 valence electrons. The standard InChI is InChI=1S/C24H28N4OS/c1-18-3-7-20(8-4-18)15-27-11-13-28(14-12-27)16-23(29)26-24-25-22(17-30-24)21-9-5-19(2)6-10-21/h3-10,17H,11-16H2,1-2H3,(H,25,26,29). The summed E-state index contributed by atoms with van der Waals surface area (Å²) in [6.45, 7) is 9.35. The molecule has 0 saturated carbocycles. The Hall–Kier alpha value is -2.54. The molecule has 1 aliphatic heterocycles. The van der Waals surface area contributed by atoms with Crippen LogP contribution in [0, 0.1) is 13.8 Å². The summed E-state index contributed by atoms with van der Waals surface area (Å²) in [7, 11) is 0. The third-order valence-electron chi connectivity index (χ3n) is 5.46. The Labute approximate surface area is 182 Å². The minimum atomic E-state index is 0.00629. The highest BCUT2D eigenvalue weighted by Gasteiger charge is 2.19. The van der Waals surface area contributed by atoms with E-state index in [1.54, 1.807) is 0 Å². The summed E-state index contributed by atoms with van der Waals surface area (Å²) in [6.07, 6.45) is 0. The molecule has 3 aromatic rings. The largest absolute Gasteiger partial charge is 0.301 e. The Morgan fingerprint density at radius 1 is 0.933 bits per heavy atom. The first-order chi connectivity index (χ1) is 14.5.